The van der Waals surface area contributed by atoms with E-state index in [1.807, 2.05) is 18.2 Å². The summed E-state index contributed by atoms with van der Waals surface area (Å²) in [6, 6.07) is 9.05. The first kappa shape index (κ1) is 13.9. The number of benzene rings is 1. The first-order chi connectivity index (χ1) is 9.12. The van der Waals surface area contributed by atoms with Crippen LogP contribution in [0.2, 0.25) is 0 Å². The molecule has 0 saturated carbocycles. The lowest BCUT2D eigenvalue weighted by molar-refractivity contribution is 0.166. The minimum Gasteiger partial charge on any atom is -0.495 e. The molecule has 0 amide bonds. The van der Waals surface area contributed by atoms with E-state index in [1.165, 1.54) is 5.56 Å². The number of nitrogens with zero attached hydrogens (tertiary/aromatic N) is 2. The van der Waals surface area contributed by atoms with Crippen molar-refractivity contribution in [1.29, 1.82) is 5.26 Å². The number of rotatable bonds is 3. The lowest BCUT2D eigenvalue weighted by Gasteiger charge is -2.36. The number of hydrogen-bond acceptors (Lipinski definition) is 4. The van der Waals surface area contributed by atoms with Crippen LogP contribution < -0.4 is 10.1 Å². The lowest BCUT2D eigenvalue weighted by Crippen LogP contribution is -2.53. The van der Waals surface area contributed by atoms with E-state index in [-0.39, 0.29) is 0 Å². The zero-order valence-corrected chi connectivity index (χ0v) is 11.8. The van der Waals surface area contributed by atoms with Crippen LogP contribution in [0.25, 0.3) is 0 Å². The molecule has 19 heavy (non-hydrogen) atoms. The zero-order valence-electron chi connectivity index (χ0n) is 11.8. The van der Waals surface area contributed by atoms with Crippen molar-refractivity contribution in [3.63, 3.8) is 0 Å². The third-order valence-electron chi connectivity index (χ3n) is 3.42. The van der Waals surface area contributed by atoms with Crippen LogP contribution in [0, 0.1) is 11.3 Å². The van der Waals surface area contributed by atoms with Crippen LogP contribution in [-0.4, -0.2) is 37.2 Å². The van der Waals surface area contributed by atoms with Gasteiger partial charge in [-0.1, -0.05) is 6.07 Å². The van der Waals surface area contributed by atoms with Crippen LogP contribution in [0.15, 0.2) is 18.2 Å². The van der Waals surface area contributed by atoms with Gasteiger partial charge in [0.25, 0.3) is 0 Å². The van der Waals surface area contributed by atoms with Gasteiger partial charge in [-0.05, 0) is 31.5 Å². The van der Waals surface area contributed by atoms with Crippen LogP contribution >= 0.6 is 0 Å². The van der Waals surface area contributed by atoms with E-state index in [4.69, 9.17) is 10.00 Å². The average molecular weight is 259 g/mol. The van der Waals surface area contributed by atoms with Gasteiger partial charge in [0.15, 0.2) is 0 Å². The normalized spacial score (nSPS) is 23.9. The van der Waals surface area contributed by atoms with Gasteiger partial charge >= 0.3 is 0 Å². The van der Waals surface area contributed by atoms with E-state index < -0.39 is 0 Å². The maximum absolute atomic E-state index is 9.11. The van der Waals surface area contributed by atoms with E-state index in [2.05, 4.69) is 30.1 Å². The molecule has 0 radical (unpaired) electrons. The quantitative estimate of drug-likeness (QED) is 0.898. The minimum absolute atomic E-state index is 0.512. The van der Waals surface area contributed by atoms with Gasteiger partial charge in [0, 0.05) is 31.7 Å². The Morgan fingerprint density at radius 1 is 1.37 bits per heavy atom. The number of methoxy groups -OCH3 is 1. The van der Waals surface area contributed by atoms with Crippen LogP contribution in [0.1, 0.15) is 25.0 Å². The van der Waals surface area contributed by atoms with Gasteiger partial charge in [-0.2, -0.15) is 5.26 Å². The molecule has 0 aliphatic carbocycles. The topological polar surface area (TPSA) is 48.3 Å². The molecule has 2 rings (SSSR count). The summed E-state index contributed by atoms with van der Waals surface area (Å²) in [5, 5.41) is 12.6. The average Bonchev–Trinajstić information content (AvgIpc) is 2.37. The predicted molar refractivity (Wildman–Crippen MR) is 75.0 cm³/mol. The Morgan fingerprint density at radius 3 is 2.63 bits per heavy atom. The van der Waals surface area contributed by atoms with Crippen molar-refractivity contribution in [1.82, 2.24) is 10.2 Å². The number of hydrogen-bond donors (Lipinski definition) is 1. The number of nitrogens with one attached hydrogen (secondary N) is 1. The Labute approximate surface area is 115 Å². The molecule has 1 aliphatic rings. The largest absolute Gasteiger partial charge is 0.495 e. The lowest BCUT2D eigenvalue weighted by atomic mass is 10.1. The smallest absolute Gasteiger partial charge is 0.136 e. The number of piperazine rings is 1. The first-order valence-corrected chi connectivity index (χ1v) is 6.67. The van der Waals surface area contributed by atoms with Gasteiger partial charge in [-0.15, -0.1) is 0 Å². The zero-order chi connectivity index (χ0) is 13.8. The summed E-state index contributed by atoms with van der Waals surface area (Å²) in [6.07, 6.45) is 0. The summed E-state index contributed by atoms with van der Waals surface area (Å²) >= 11 is 0. The fourth-order valence-corrected chi connectivity index (χ4v) is 2.77. The molecule has 1 fully saturated rings. The molecule has 1 aromatic rings. The van der Waals surface area contributed by atoms with E-state index in [0.717, 1.165) is 19.6 Å². The Hall–Kier alpha value is -1.57. The van der Waals surface area contributed by atoms with E-state index >= 15 is 0 Å². The molecule has 4 nitrogen and oxygen atoms in total. The highest BCUT2D eigenvalue weighted by Gasteiger charge is 2.20. The van der Waals surface area contributed by atoms with Crippen molar-refractivity contribution < 1.29 is 4.74 Å². The first-order valence-electron chi connectivity index (χ1n) is 6.67. The molecule has 1 aromatic carbocycles. The van der Waals surface area contributed by atoms with Crippen molar-refractivity contribution in [3.05, 3.63) is 29.3 Å². The van der Waals surface area contributed by atoms with Crippen LogP contribution in [0.3, 0.4) is 0 Å². The Balaban J connectivity index is 2.09. The molecule has 0 bridgehead atoms. The molecule has 4 heteroatoms. The van der Waals surface area contributed by atoms with Gasteiger partial charge in [-0.3, -0.25) is 4.90 Å². The van der Waals surface area contributed by atoms with E-state index in [0.29, 0.717) is 23.4 Å². The standard InChI is InChI=1S/C15H21N3O/c1-11-8-18(9-12(2)17-11)10-13-4-5-15(19-3)14(6-13)7-16/h4-6,11-12,17H,8-10H2,1-3H3. The molecule has 1 heterocycles. The fraction of sp³-hybridized carbons (Fsp3) is 0.533. The van der Waals surface area contributed by atoms with Crippen molar-refractivity contribution >= 4 is 0 Å². The van der Waals surface area contributed by atoms with Crippen molar-refractivity contribution in [2.45, 2.75) is 32.5 Å². The van der Waals surface area contributed by atoms with Crippen LogP contribution in [-0.2, 0) is 6.54 Å². The third-order valence-corrected chi connectivity index (χ3v) is 3.42. The second-order valence-corrected chi connectivity index (χ2v) is 5.31. The molecular formula is C15H21N3O. The van der Waals surface area contributed by atoms with Crippen LogP contribution in [0.5, 0.6) is 5.75 Å². The van der Waals surface area contributed by atoms with Gasteiger partial charge in [0.2, 0.25) is 0 Å². The Bertz CT molecular complexity index is 471. The van der Waals surface area contributed by atoms with E-state index in [9.17, 15) is 0 Å². The SMILES string of the molecule is COc1ccc(CN2CC(C)NC(C)C2)cc1C#N. The second kappa shape index (κ2) is 6.05. The summed E-state index contributed by atoms with van der Waals surface area (Å²) in [6.45, 7) is 7.38. The van der Waals surface area contributed by atoms with Gasteiger partial charge in [-0.25, -0.2) is 0 Å². The molecular weight excluding hydrogens is 238 g/mol. The predicted octanol–water partition coefficient (Wildman–Crippen LogP) is 1.75. The Morgan fingerprint density at radius 2 is 2.05 bits per heavy atom. The summed E-state index contributed by atoms with van der Waals surface area (Å²) in [5.41, 5.74) is 1.77. The molecule has 0 aromatic heterocycles. The van der Waals surface area contributed by atoms with Gasteiger partial charge in [0.1, 0.15) is 11.8 Å². The Kier molecular flexibility index (Phi) is 4.41. The molecule has 2 unspecified atom stereocenters. The van der Waals surface area contributed by atoms with Gasteiger partial charge < -0.3 is 10.1 Å². The number of nitriles is 1. The summed E-state index contributed by atoms with van der Waals surface area (Å²) in [5.74, 6) is 0.647. The maximum atomic E-state index is 9.11. The summed E-state index contributed by atoms with van der Waals surface area (Å²) < 4.78 is 5.17. The summed E-state index contributed by atoms with van der Waals surface area (Å²) in [7, 11) is 1.59. The van der Waals surface area contributed by atoms with Gasteiger partial charge in [0.05, 0.1) is 12.7 Å². The monoisotopic (exact) mass is 259 g/mol. The maximum Gasteiger partial charge on any atom is 0.136 e. The fourth-order valence-electron chi connectivity index (χ4n) is 2.77. The second-order valence-electron chi connectivity index (χ2n) is 5.31. The molecule has 1 aliphatic heterocycles. The molecule has 1 N–H and O–H groups in total. The molecule has 1 saturated heterocycles. The highest BCUT2D eigenvalue weighted by Crippen LogP contribution is 2.20. The molecule has 102 valence electrons. The highest BCUT2D eigenvalue weighted by atomic mass is 16.5. The van der Waals surface area contributed by atoms with E-state index in [1.54, 1.807) is 7.11 Å². The van der Waals surface area contributed by atoms with Crippen molar-refractivity contribution in [2.24, 2.45) is 0 Å². The third kappa shape index (κ3) is 3.46. The van der Waals surface area contributed by atoms with Crippen molar-refractivity contribution in [3.8, 4) is 11.8 Å². The molecule has 2 atom stereocenters. The highest BCUT2D eigenvalue weighted by molar-refractivity contribution is 5.45. The molecule has 0 spiro atoms. The number of ether oxygens (including phenoxy) is 1. The minimum atomic E-state index is 0.512. The van der Waals surface area contributed by atoms with Crippen molar-refractivity contribution in [2.75, 3.05) is 20.2 Å². The van der Waals surface area contributed by atoms with Crippen LogP contribution in [0.4, 0.5) is 0 Å². The summed E-state index contributed by atoms with van der Waals surface area (Å²) in [4.78, 5) is 2.43.